The van der Waals surface area contributed by atoms with Gasteiger partial charge in [0.05, 0.1) is 0 Å². The number of carbonyl (C=O) groups is 1. The minimum atomic E-state index is -0.240. The van der Waals surface area contributed by atoms with Crippen molar-refractivity contribution in [3.05, 3.63) is 59.7 Å². The molecule has 0 bridgehead atoms. The fourth-order valence-electron chi connectivity index (χ4n) is 4.38. The molecule has 0 radical (unpaired) electrons. The predicted molar refractivity (Wildman–Crippen MR) is 101 cm³/mol. The zero-order valence-electron chi connectivity index (χ0n) is 15.1. The zero-order valence-corrected chi connectivity index (χ0v) is 15.1. The van der Waals surface area contributed by atoms with E-state index in [1.807, 2.05) is 19.1 Å². The first-order chi connectivity index (χ1) is 12.7. The molecule has 4 rings (SSSR count). The van der Waals surface area contributed by atoms with E-state index in [-0.39, 0.29) is 24.7 Å². The maximum atomic E-state index is 12.6. The van der Waals surface area contributed by atoms with Gasteiger partial charge in [0.1, 0.15) is 6.61 Å². The van der Waals surface area contributed by atoms with Crippen LogP contribution in [-0.2, 0) is 4.74 Å². The largest absolute Gasteiger partial charge is 0.448 e. The molecule has 2 atom stereocenters. The standard InChI is InChI=1S/C22H25NO3/c1-15-12-16(13-24)10-11-23(15)22(25)26-14-21-19-8-4-2-6-17(19)18-7-3-5-9-20(18)21/h2-9,15-16,21,24H,10-14H2,1H3. The number of carbonyl (C=O) groups excluding carboxylic acids is 1. The van der Waals surface area contributed by atoms with E-state index in [0.717, 1.165) is 12.8 Å². The summed E-state index contributed by atoms with van der Waals surface area (Å²) < 4.78 is 5.74. The van der Waals surface area contributed by atoms with Crippen LogP contribution in [0.3, 0.4) is 0 Å². The first kappa shape index (κ1) is 17.1. The molecule has 136 valence electrons. The highest BCUT2D eigenvalue weighted by atomic mass is 16.6. The van der Waals surface area contributed by atoms with Gasteiger partial charge in [0.15, 0.2) is 0 Å². The predicted octanol–water partition coefficient (Wildman–Crippen LogP) is 4.03. The third kappa shape index (κ3) is 2.99. The Morgan fingerprint density at radius 2 is 1.73 bits per heavy atom. The summed E-state index contributed by atoms with van der Waals surface area (Å²) in [6.07, 6.45) is 1.43. The van der Waals surface area contributed by atoms with Crippen molar-refractivity contribution in [2.24, 2.45) is 5.92 Å². The van der Waals surface area contributed by atoms with Gasteiger partial charge in [-0.15, -0.1) is 0 Å². The summed E-state index contributed by atoms with van der Waals surface area (Å²) in [4.78, 5) is 14.4. The molecule has 1 saturated heterocycles. The Hall–Kier alpha value is -2.33. The van der Waals surface area contributed by atoms with E-state index in [1.54, 1.807) is 4.90 Å². The summed E-state index contributed by atoms with van der Waals surface area (Å²) in [6.45, 7) is 3.24. The number of aliphatic hydroxyl groups excluding tert-OH is 1. The van der Waals surface area contributed by atoms with E-state index < -0.39 is 0 Å². The van der Waals surface area contributed by atoms with E-state index in [2.05, 4.69) is 36.4 Å². The normalized spacial score (nSPS) is 22.0. The van der Waals surface area contributed by atoms with Crippen LogP contribution in [0.5, 0.6) is 0 Å². The van der Waals surface area contributed by atoms with E-state index in [9.17, 15) is 9.90 Å². The molecule has 1 aliphatic heterocycles. The number of fused-ring (bicyclic) bond motifs is 3. The van der Waals surface area contributed by atoms with Crippen molar-refractivity contribution in [2.45, 2.75) is 31.7 Å². The molecule has 4 nitrogen and oxygen atoms in total. The van der Waals surface area contributed by atoms with Crippen molar-refractivity contribution in [2.75, 3.05) is 19.8 Å². The minimum Gasteiger partial charge on any atom is -0.448 e. The Balaban J connectivity index is 1.47. The van der Waals surface area contributed by atoms with Gasteiger partial charge >= 0.3 is 6.09 Å². The molecule has 0 saturated carbocycles. The molecular weight excluding hydrogens is 326 g/mol. The van der Waals surface area contributed by atoms with Crippen molar-refractivity contribution in [3.8, 4) is 11.1 Å². The number of hydrogen-bond acceptors (Lipinski definition) is 3. The highest BCUT2D eigenvalue weighted by Crippen LogP contribution is 2.44. The average Bonchev–Trinajstić information content (AvgIpc) is 3.00. The van der Waals surface area contributed by atoms with Crippen molar-refractivity contribution < 1.29 is 14.6 Å². The van der Waals surface area contributed by atoms with E-state index in [0.29, 0.717) is 19.1 Å². The SMILES string of the molecule is CC1CC(CO)CCN1C(=O)OCC1c2ccccc2-c2ccccc21. The van der Waals surface area contributed by atoms with Gasteiger partial charge in [-0.1, -0.05) is 48.5 Å². The van der Waals surface area contributed by atoms with Crippen LogP contribution in [0.1, 0.15) is 36.8 Å². The quantitative estimate of drug-likeness (QED) is 0.908. The Kier molecular flexibility index (Phi) is 4.68. The lowest BCUT2D eigenvalue weighted by molar-refractivity contribution is 0.0542. The van der Waals surface area contributed by atoms with Gasteiger partial charge in [0, 0.05) is 25.1 Å². The van der Waals surface area contributed by atoms with Gasteiger partial charge in [-0.2, -0.15) is 0 Å². The van der Waals surface area contributed by atoms with Crippen LogP contribution in [-0.4, -0.2) is 41.9 Å². The highest BCUT2D eigenvalue weighted by molar-refractivity contribution is 5.79. The Morgan fingerprint density at radius 3 is 2.31 bits per heavy atom. The summed E-state index contributed by atoms with van der Waals surface area (Å²) in [6, 6.07) is 16.8. The number of hydrogen-bond donors (Lipinski definition) is 1. The van der Waals surface area contributed by atoms with E-state index in [4.69, 9.17) is 4.74 Å². The van der Waals surface area contributed by atoms with Crippen LogP contribution in [0.2, 0.25) is 0 Å². The number of piperidine rings is 1. The fraction of sp³-hybridized carbons (Fsp3) is 0.409. The average molecular weight is 351 g/mol. The smallest absolute Gasteiger partial charge is 0.410 e. The highest BCUT2D eigenvalue weighted by Gasteiger charge is 2.32. The molecule has 26 heavy (non-hydrogen) atoms. The zero-order chi connectivity index (χ0) is 18.1. The van der Waals surface area contributed by atoms with Gasteiger partial charge in [-0.25, -0.2) is 4.79 Å². The van der Waals surface area contributed by atoms with Crippen molar-refractivity contribution >= 4 is 6.09 Å². The number of likely N-dealkylation sites (tertiary alicyclic amines) is 1. The summed E-state index contributed by atoms with van der Waals surface area (Å²) in [5, 5.41) is 9.33. The number of ether oxygens (including phenoxy) is 1. The third-order valence-electron chi connectivity index (χ3n) is 5.81. The minimum absolute atomic E-state index is 0.0941. The number of aliphatic hydroxyl groups is 1. The number of nitrogens with zero attached hydrogens (tertiary/aromatic N) is 1. The van der Waals surface area contributed by atoms with Crippen LogP contribution < -0.4 is 0 Å². The van der Waals surface area contributed by atoms with Crippen LogP contribution in [0.15, 0.2) is 48.5 Å². The maximum absolute atomic E-state index is 12.6. The summed E-state index contributed by atoms with van der Waals surface area (Å²) >= 11 is 0. The van der Waals surface area contributed by atoms with Crippen LogP contribution in [0.4, 0.5) is 4.79 Å². The first-order valence-corrected chi connectivity index (χ1v) is 9.41. The van der Waals surface area contributed by atoms with Crippen LogP contribution >= 0.6 is 0 Å². The van der Waals surface area contributed by atoms with Crippen LogP contribution in [0.25, 0.3) is 11.1 Å². The molecular formula is C22H25NO3. The molecule has 1 aliphatic carbocycles. The molecule has 0 aromatic heterocycles. The lowest BCUT2D eigenvalue weighted by Gasteiger charge is -2.36. The second-order valence-corrected chi connectivity index (χ2v) is 7.42. The Labute approximate surface area is 154 Å². The molecule has 0 spiro atoms. The molecule has 4 heteroatoms. The first-order valence-electron chi connectivity index (χ1n) is 9.41. The van der Waals surface area contributed by atoms with Crippen molar-refractivity contribution in [3.63, 3.8) is 0 Å². The number of amides is 1. The molecule has 2 aliphatic rings. The maximum Gasteiger partial charge on any atom is 0.410 e. The molecule has 1 fully saturated rings. The third-order valence-corrected chi connectivity index (χ3v) is 5.81. The van der Waals surface area contributed by atoms with Gasteiger partial charge < -0.3 is 14.7 Å². The molecule has 2 aromatic carbocycles. The summed E-state index contributed by atoms with van der Waals surface area (Å²) in [5.74, 6) is 0.388. The second-order valence-electron chi connectivity index (χ2n) is 7.42. The Morgan fingerprint density at radius 1 is 1.12 bits per heavy atom. The number of rotatable bonds is 3. The lowest BCUT2D eigenvalue weighted by atomic mass is 9.93. The fourth-order valence-corrected chi connectivity index (χ4v) is 4.38. The lowest BCUT2D eigenvalue weighted by Crippen LogP contribution is -2.45. The van der Waals surface area contributed by atoms with Gasteiger partial charge in [-0.3, -0.25) is 0 Å². The monoisotopic (exact) mass is 351 g/mol. The molecule has 2 aromatic rings. The van der Waals surface area contributed by atoms with Gasteiger partial charge in [-0.05, 0) is 47.9 Å². The molecule has 2 unspecified atom stereocenters. The van der Waals surface area contributed by atoms with Crippen molar-refractivity contribution in [1.29, 1.82) is 0 Å². The van der Waals surface area contributed by atoms with Gasteiger partial charge in [0.2, 0.25) is 0 Å². The van der Waals surface area contributed by atoms with Gasteiger partial charge in [0.25, 0.3) is 0 Å². The van der Waals surface area contributed by atoms with Crippen molar-refractivity contribution in [1.82, 2.24) is 4.90 Å². The summed E-state index contributed by atoms with van der Waals surface area (Å²) in [5.41, 5.74) is 4.93. The summed E-state index contributed by atoms with van der Waals surface area (Å²) in [7, 11) is 0. The van der Waals surface area contributed by atoms with E-state index >= 15 is 0 Å². The number of benzene rings is 2. The van der Waals surface area contributed by atoms with E-state index in [1.165, 1.54) is 22.3 Å². The Bertz CT molecular complexity index is 758. The second kappa shape index (κ2) is 7.12. The molecule has 1 heterocycles. The molecule has 1 N–H and O–H groups in total. The van der Waals surface area contributed by atoms with Crippen LogP contribution in [0, 0.1) is 5.92 Å². The molecule has 1 amide bonds. The topological polar surface area (TPSA) is 49.8 Å².